The second-order valence-electron chi connectivity index (χ2n) is 6.54. The van der Waals surface area contributed by atoms with Gasteiger partial charge in [0.1, 0.15) is 0 Å². The lowest BCUT2D eigenvalue weighted by Crippen LogP contribution is -2.35. The lowest BCUT2D eigenvalue weighted by molar-refractivity contribution is -0.122. The number of rotatable bonds is 9. The Kier molecular flexibility index (Phi) is 7.38. The Labute approximate surface area is 161 Å². The summed E-state index contributed by atoms with van der Waals surface area (Å²) in [6, 6.07) is 13.7. The maximum Gasteiger partial charge on any atom is 0.261 e. The fraction of sp³-hybridized carbons (Fsp3) is 0.350. The van der Waals surface area contributed by atoms with Gasteiger partial charge in [-0.15, -0.1) is 0 Å². The molecule has 0 fully saturated rings. The molecule has 0 saturated heterocycles. The number of sulfonamides is 1. The molecule has 0 unspecified atom stereocenters. The van der Waals surface area contributed by atoms with Crippen molar-refractivity contribution in [3.05, 3.63) is 59.7 Å². The molecule has 0 aliphatic carbocycles. The second kappa shape index (κ2) is 9.53. The van der Waals surface area contributed by atoms with Crippen molar-refractivity contribution in [2.45, 2.75) is 37.6 Å². The van der Waals surface area contributed by atoms with E-state index in [-0.39, 0.29) is 16.8 Å². The first-order valence-corrected chi connectivity index (χ1v) is 10.2. The van der Waals surface area contributed by atoms with Gasteiger partial charge < -0.3 is 10.1 Å². The molecule has 7 heteroatoms. The van der Waals surface area contributed by atoms with Gasteiger partial charge in [-0.25, -0.2) is 8.42 Å². The summed E-state index contributed by atoms with van der Waals surface area (Å²) in [6.07, 6.45) is 0.874. The summed E-state index contributed by atoms with van der Waals surface area (Å²) in [7, 11) is -2.05. The molecule has 27 heavy (non-hydrogen) atoms. The van der Waals surface area contributed by atoms with Crippen LogP contribution in [0.3, 0.4) is 0 Å². The first kappa shape index (κ1) is 20.9. The summed E-state index contributed by atoms with van der Waals surface area (Å²) in [5, 5.41) is 2.85. The van der Waals surface area contributed by atoms with E-state index in [0.29, 0.717) is 25.1 Å². The van der Waals surface area contributed by atoms with E-state index in [1.165, 1.54) is 0 Å². The maximum absolute atomic E-state index is 12.5. The van der Waals surface area contributed by atoms with Crippen LogP contribution in [0.2, 0.25) is 0 Å². The average Bonchev–Trinajstić information content (AvgIpc) is 2.62. The number of amides is 1. The van der Waals surface area contributed by atoms with Gasteiger partial charge in [0, 0.05) is 25.3 Å². The predicted molar refractivity (Wildman–Crippen MR) is 106 cm³/mol. The predicted octanol–water partition coefficient (Wildman–Crippen LogP) is 2.88. The van der Waals surface area contributed by atoms with Crippen molar-refractivity contribution >= 4 is 21.6 Å². The average molecular weight is 391 g/mol. The zero-order valence-corrected chi connectivity index (χ0v) is 16.7. The SMILES string of the molecule is COC[C@@H](C)NC(=O)CCc1ccc(S(=O)(=O)Nc2ccc(C)cc2)cc1. The topological polar surface area (TPSA) is 84.5 Å². The summed E-state index contributed by atoms with van der Waals surface area (Å²) >= 11 is 0. The van der Waals surface area contributed by atoms with E-state index in [1.54, 1.807) is 43.5 Å². The molecule has 6 nitrogen and oxygen atoms in total. The number of anilines is 1. The lowest BCUT2D eigenvalue weighted by atomic mass is 10.1. The van der Waals surface area contributed by atoms with Crippen molar-refractivity contribution in [1.82, 2.24) is 5.32 Å². The molecule has 1 amide bonds. The van der Waals surface area contributed by atoms with E-state index in [4.69, 9.17) is 4.74 Å². The highest BCUT2D eigenvalue weighted by Gasteiger charge is 2.14. The maximum atomic E-state index is 12.5. The van der Waals surface area contributed by atoms with E-state index >= 15 is 0 Å². The normalized spacial score (nSPS) is 12.4. The van der Waals surface area contributed by atoms with Crippen LogP contribution in [-0.4, -0.2) is 34.1 Å². The number of carbonyl (C=O) groups excluding carboxylic acids is 1. The zero-order chi connectivity index (χ0) is 19.9. The Morgan fingerprint density at radius 3 is 2.30 bits per heavy atom. The molecule has 0 bridgehead atoms. The van der Waals surface area contributed by atoms with Gasteiger partial charge in [-0.1, -0.05) is 29.8 Å². The molecule has 0 aliphatic heterocycles. The zero-order valence-electron chi connectivity index (χ0n) is 15.9. The third kappa shape index (κ3) is 6.69. The summed E-state index contributed by atoms with van der Waals surface area (Å²) < 4.78 is 32.5. The molecule has 0 radical (unpaired) electrons. The molecule has 2 aromatic carbocycles. The van der Waals surface area contributed by atoms with Gasteiger partial charge in [0.2, 0.25) is 5.91 Å². The highest BCUT2D eigenvalue weighted by molar-refractivity contribution is 7.92. The minimum absolute atomic E-state index is 0.0390. The number of hydrogen-bond donors (Lipinski definition) is 2. The largest absolute Gasteiger partial charge is 0.383 e. The molecule has 0 aliphatic rings. The minimum Gasteiger partial charge on any atom is -0.383 e. The lowest BCUT2D eigenvalue weighted by Gasteiger charge is -2.12. The van der Waals surface area contributed by atoms with Crippen molar-refractivity contribution < 1.29 is 17.9 Å². The molecule has 1 atom stereocenters. The van der Waals surface area contributed by atoms with E-state index in [2.05, 4.69) is 10.0 Å². The number of hydrogen-bond acceptors (Lipinski definition) is 4. The third-order valence-corrected chi connectivity index (χ3v) is 5.40. The van der Waals surface area contributed by atoms with Crippen LogP contribution in [-0.2, 0) is 26.0 Å². The van der Waals surface area contributed by atoms with Gasteiger partial charge in [-0.2, -0.15) is 0 Å². The van der Waals surface area contributed by atoms with Crippen LogP contribution < -0.4 is 10.0 Å². The second-order valence-corrected chi connectivity index (χ2v) is 8.22. The van der Waals surface area contributed by atoms with Gasteiger partial charge in [0.05, 0.1) is 11.5 Å². The van der Waals surface area contributed by atoms with Crippen LogP contribution in [0, 0.1) is 6.92 Å². The third-order valence-electron chi connectivity index (χ3n) is 4.00. The number of nitrogens with one attached hydrogen (secondary N) is 2. The van der Waals surface area contributed by atoms with Crippen LogP contribution >= 0.6 is 0 Å². The molecule has 2 aromatic rings. The minimum atomic E-state index is -3.64. The van der Waals surface area contributed by atoms with Crippen molar-refractivity contribution in [2.24, 2.45) is 0 Å². The monoisotopic (exact) mass is 390 g/mol. The molecule has 2 rings (SSSR count). The molecule has 2 N–H and O–H groups in total. The fourth-order valence-electron chi connectivity index (χ4n) is 2.57. The first-order chi connectivity index (χ1) is 12.8. The summed E-state index contributed by atoms with van der Waals surface area (Å²) in [5.74, 6) is -0.0581. The molecule has 146 valence electrons. The molecule has 0 heterocycles. The van der Waals surface area contributed by atoms with Crippen molar-refractivity contribution in [3.8, 4) is 0 Å². The number of ether oxygens (including phenoxy) is 1. The van der Waals surface area contributed by atoms with Crippen LogP contribution in [0.4, 0.5) is 5.69 Å². The van der Waals surface area contributed by atoms with Gasteiger partial charge in [0.15, 0.2) is 0 Å². The Hall–Kier alpha value is -2.38. The number of aryl methyl sites for hydroxylation is 2. The van der Waals surface area contributed by atoms with Gasteiger partial charge in [0.25, 0.3) is 10.0 Å². The Morgan fingerprint density at radius 1 is 1.07 bits per heavy atom. The molecule has 0 spiro atoms. The van der Waals surface area contributed by atoms with Crippen molar-refractivity contribution in [2.75, 3.05) is 18.4 Å². The number of benzene rings is 2. The molecular formula is C20H26N2O4S. The number of carbonyl (C=O) groups is 1. The van der Waals surface area contributed by atoms with Crippen molar-refractivity contribution in [3.63, 3.8) is 0 Å². The Bertz CT molecular complexity index is 847. The van der Waals surface area contributed by atoms with Gasteiger partial charge >= 0.3 is 0 Å². The van der Waals surface area contributed by atoms with Crippen LogP contribution in [0.1, 0.15) is 24.5 Å². The molecular weight excluding hydrogens is 364 g/mol. The highest BCUT2D eigenvalue weighted by atomic mass is 32.2. The highest BCUT2D eigenvalue weighted by Crippen LogP contribution is 2.17. The standard InChI is InChI=1S/C20H26N2O4S/c1-15-4-9-18(10-5-15)22-27(24,25)19-11-6-17(7-12-19)8-13-20(23)21-16(2)14-26-3/h4-7,9-12,16,22H,8,13-14H2,1-3H3,(H,21,23)/t16-/m1/s1. The van der Waals surface area contributed by atoms with Gasteiger partial charge in [-0.3, -0.25) is 9.52 Å². The first-order valence-electron chi connectivity index (χ1n) is 8.77. The smallest absolute Gasteiger partial charge is 0.261 e. The van der Waals surface area contributed by atoms with E-state index in [0.717, 1.165) is 11.1 Å². The van der Waals surface area contributed by atoms with E-state index < -0.39 is 10.0 Å². The quantitative estimate of drug-likeness (QED) is 0.689. The van der Waals surface area contributed by atoms with E-state index in [9.17, 15) is 13.2 Å². The van der Waals surface area contributed by atoms with Gasteiger partial charge in [-0.05, 0) is 50.1 Å². The van der Waals surface area contributed by atoms with E-state index in [1.807, 2.05) is 26.0 Å². The Balaban J connectivity index is 1.93. The van der Waals surface area contributed by atoms with Crippen molar-refractivity contribution in [1.29, 1.82) is 0 Å². The molecule has 0 aromatic heterocycles. The summed E-state index contributed by atoms with van der Waals surface area (Å²) in [4.78, 5) is 12.1. The van der Waals surface area contributed by atoms with Crippen LogP contribution in [0.25, 0.3) is 0 Å². The fourth-order valence-corrected chi connectivity index (χ4v) is 3.63. The summed E-state index contributed by atoms with van der Waals surface area (Å²) in [5.41, 5.74) is 2.48. The Morgan fingerprint density at radius 2 is 1.70 bits per heavy atom. The van der Waals surface area contributed by atoms with Crippen LogP contribution in [0.5, 0.6) is 0 Å². The molecule has 0 saturated carbocycles. The van der Waals surface area contributed by atoms with Crippen LogP contribution in [0.15, 0.2) is 53.4 Å². The summed E-state index contributed by atoms with van der Waals surface area (Å²) in [6.45, 7) is 4.28. The number of methoxy groups -OCH3 is 1.